The Hall–Kier alpha value is -3.01. The van der Waals surface area contributed by atoms with E-state index in [1.165, 1.54) is 18.5 Å². The summed E-state index contributed by atoms with van der Waals surface area (Å²) in [5, 5.41) is 3.34. The Morgan fingerprint density at radius 1 is 1.36 bits per heavy atom. The Balaban J connectivity index is 2.19. The molecule has 0 bridgehead atoms. The molecule has 0 aromatic carbocycles. The third kappa shape index (κ3) is 7.52. The van der Waals surface area contributed by atoms with Crippen molar-refractivity contribution in [3.8, 4) is 0 Å². The molecule has 0 saturated carbocycles. The summed E-state index contributed by atoms with van der Waals surface area (Å²) < 4.78 is 38.5. The molecule has 1 unspecified atom stereocenters. The van der Waals surface area contributed by atoms with Crippen molar-refractivity contribution >= 4 is 23.1 Å². The number of amidine groups is 1. The normalized spacial score (nSPS) is 13.5. The van der Waals surface area contributed by atoms with Gasteiger partial charge >= 0.3 is 6.18 Å². The predicted octanol–water partition coefficient (Wildman–Crippen LogP) is 5.08. The van der Waals surface area contributed by atoms with Gasteiger partial charge in [-0.15, -0.1) is 11.3 Å². The number of thiazole rings is 1. The number of nitrogens with zero attached hydrogens (tertiary/aromatic N) is 3. The smallest absolute Gasteiger partial charge is 0.381 e. The Morgan fingerprint density at radius 2 is 2.09 bits per heavy atom. The molecular weight excluding hydrogens is 451 g/mol. The van der Waals surface area contributed by atoms with Crippen molar-refractivity contribution < 1.29 is 18.0 Å². The zero-order valence-corrected chi connectivity index (χ0v) is 19.6. The highest BCUT2D eigenvalue weighted by Crippen LogP contribution is 2.29. The lowest BCUT2D eigenvalue weighted by Gasteiger charge is -2.20. The number of hydrogen-bond donors (Lipinski definition) is 2. The van der Waals surface area contributed by atoms with Crippen molar-refractivity contribution in [2.45, 2.75) is 45.7 Å². The number of rotatable bonds is 10. The molecule has 6 nitrogen and oxygen atoms in total. The van der Waals surface area contributed by atoms with Crippen LogP contribution in [0.15, 0.2) is 48.3 Å². The van der Waals surface area contributed by atoms with Gasteiger partial charge in [0.2, 0.25) is 0 Å². The van der Waals surface area contributed by atoms with Crippen LogP contribution in [0.4, 0.5) is 13.2 Å². The predicted molar refractivity (Wildman–Crippen MR) is 125 cm³/mol. The Bertz CT molecular complexity index is 1010. The minimum atomic E-state index is -4.49. The third-order valence-electron chi connectivity index (χ3n) is 4.71. The molecule has 0 spiro atoms. The summed E-state index contributed by atoms with van der Waals surface area (Å²) in [6, 6.07) is 2.39. The van der Waals surface area contributed by atoms with Crippen LogP contribution < -0.4 is 11.1 Å². The number of alkyl halides is 3. The van der Waals surface area contributed by atoms with Gasteiger partial charge in [-0.1, -0.05) is 39.5 Å². The summed E-state index contributed by atoms with van der Waals surface area (Å²) in [5.74, 6) is -0.0223. The molecule has 0 fully saturated rings. The summed E-state index contributed by atoms with van der Waals surface area (Å²) in [6.07, 6.45) is 2.63. The van der Waals surface area contributed by atoms with Crippen molar-refractivity contribution in [1.29, 1.82) is 0 Å². The first-order valence-corrected chi connectivity index (χ1v) is 11.3. The van der Waals surface area contributed by atoms with Crippen LogP contribution in [-0.4, -0.2) is 28.3 Å². The highest BCUT2D eigenvalue weighted by molar-refractivity contribution is 7.15. The van der Waals surface area contributed by atoms with E-state index >= 15 is 0 Å². The number of amides is 1. The van der Waals surface area contributed by atoms with E-state index in [-0.39, 0.29) is 30.1 Å². The average molecular weight is 480 g/mol. The van der Waals surface area contributed by atoms with Crippen LogP contribution in [0.3, 0.4) is 0 Å². The van der Waals surface area contributed by atoms with Crippen molar-refractivity contribution in [1.82, 2.24) is 15.3 Å². The number of nitrogens with one attached hydrogen (secondary N) is 1. The van der Waals surface area contributed by atoms with Crippen molar-refractivity contribution in [2.75, 3.05) is 6.54 Å². The van der Waals surface area contributed by atoms with Crippen molar-refractivity contribution in [3.63, 3.8) is 0 Å². The molecule has 0 radical (unpaired) electrons. The molecule has 10 heteroatoms. The number of allylic oxidation sites excluding steroid dienone is 2. The maximum atomic E-state index is 12.9. The molecule has 0 aliphatic carbocycles. The average Bonchev–Trinajstić information content (AvgIpc) is 3.20. The van der Waals surface area contributed by atoms with E-state index in [0.29, 0.717) is 34.0 Å². The van der Waals surface area contributed by atoms with E-state index in [2.05, 4.69) is 26.9 Å². The van der Waals surface area contributed by atoms with E-state index < -0.39 is 11.9 Å². The van der Waals surface area contributed by atoms with Gasteiger partial charge in [-0.05, 0) is 36.5 Å². The lowest BCUT2D eigenvalue weighted by molar-refractivity contribution is -0.141. The van der Waals surface area contributed by atoms with Gasteiger partial charge in [0, 0.05) is 24.9 Å². The maximum Gasteiger partial charge on any atom is 0.433 e. The number of nitrogens with two attached hydrogens (primary N) is 1. The summed E-state index contributed by atoms with van der Waals surface area (Å²) in [7, 11) is 0. The SMILES string of the molecule is C=C/C=C\N=C(N)c1nc(CC)c(C(=O)NCC(CC(C)C)c2ccc(C(F)(F)F)nc2)s1. The van der Waals surface area contributed by atoms with Crippen LogP contribution in [0.2, 0.25) is 0 Å². The maximum absolute atomic E-state index is 12.9. The largest absolute Gasteiger partial charge is 0.433 e. The van der Waals surface area contributed by atoms with E-state index in [1.54, 1.807) is 12.2 Å². The van der Waals surface area contributed by atoms with Crippen LogP contribution in [0.5, 0.6) is 0 Å². The first-order chi connectivity index (χ1) is 15.6. The number of halogens is 3. The lowest BCUT2D eigenvalue weighted by atomic mass is 9.91. The topological polar surface area (TPSA) is 93.3 Å². The van der Waals surface area contributed by atoms with Gasteiger partial charge in [0.05, 0.1) is 5.69 Å². The summed E-state index contributed by atoms with van der Waals surface area (Å²) in [4.78, 5) is 25.4. The number of pyridine rings is 1. The third-order valence-corrected chi connectivity index (χ3v) is 5.83. The molecule has 2 heterocycles. The molecule has 3 N–H and O–H groups in total. The number of aliphatic imine (C=N–C) groups is 1. The molecule has 2 aromatic rings. The van der Waals surface area contributed by atoms with Crippen molar-refractivity contribution in [3.05, 3.63) is 70.1 Å². The van der Waals surface area contributed by atoms with Crippen LogP contribution in [0, 0.1) is 5.92 Å². The van der Waals surface area contributed by atoms with Gasteiger partial charge in [-0.25, -0.2) is 9.98 Å². The second-order valence-corrected chi connectivity index (χ2v) is 8.75. The first kappa shape index (κ1) is 26.2. The molecule has 2 rings (SSSR count). The zero-order chi connectivity index (χ0) is 24.6. The van der Waals surface area contributed by atoms with Gasteiger partial charge in [-0.3, -0.25) is 9.78 Å². The minimum absolute atomic E-state index is 0.183. The molecule has 0 saturated heterocycles. The molecule has 0 aliphatic rings. The Morgan fingerprint density at radius 3 is 2.64 bits per heavy atom. The highest BCUT2D eigenvalue weighted by atomic mass is 32.1. The second-order valence-electron chi connectivity index (χ2n) is 7.75. The van der Waals surface area contributed by atoms with Gasteiger partial charge in [0.1, 0.15) is 10.6 Å². The zero-order valence-electron chi connectivity index (χ0n) is 18.8. The van der Waals surface area contributed by atoms with E-state index in [1.807, 2.05) is 20.8 Å². The standard InChI is InChI=1S/C23H28F3N5OS/c1-5-7-10-28-20(27)22-31-17(6-2)19(33-22)21(32)30-13-16(11-14(3)4)15-8-9-18(29-12-15)23(24,25)26/h5,7-10,12,14,16H,1,6,11,13H2,2-4H3,(H2,27,28)(H,30,32)/b10-7-. The molecular formula is C23H28F3N5OS. The van der Waals surface area contributed by atoms with E-state index in [4.69, 9.17) is 5.73 Å². The van der Waals surface area contributed by atoms with Crippen LogP contribution in [0.1, 0.15) is 64.7 Å². The van der Waals surface area contributed by atoms with Gasteiger partial charge in [0.15, 0.2) is 10.8 Å². The van der Waals surface area contributed by atoms with Gasteiger partial charge in [0.25, 0.3) is 5.91 Å². The van der Waals surface area contributed by atoms with Crippen LogP contribution in [0.25, 0.3) is 0 Å². The first-order valence-electron chi connectivity index (χ1n) is 10.5. The Labute approximate surface area is 195 Å². The summed E-state index contributed by atoms with van der Waals surface area (Å²) in [6.45, 7) is 9.73. The fourth-order valence-corrected chi connectivity index (χ4v) is 4.11. The van der Waals surface area contributed by atoms with Crippen LogP contribution >= 0.6 is 11.3 Å². The summed E-state index contributed by atoms with van der Waals surface area (Å²) in [5.41, 5.74) is 6.27. The number of aryl methyl sites for hydroxylation is 1. The van der Waals surface area contributed by atoms with Gasteiger partial charge in [-0.2, -0.15) is 13.2 Å². The minimum Gasteiger partial charge on any atom is -0.381 e. The quantitative estimate of drug-likeness (QED) is 0.282. The summed E-state index contributed by atoms with van der Waals surface area (Å²) >= 11 is 1.15. The second kappa shape index (κ2) is 11.7. The number of hydrogen-bond acceptors (Lipinski definition) is 5. The van der Waals surface area contributed by atoms with E-state index in [0.717, 1.165) is 17.4 Å². The van der Waals surface area contributed by atoms with Crippen molar-refractivity contribution in [2.24, 2.45) is 16.6 Å². The monoisotopic (exact) mass is 479 g/mol. The van der Waals surface area contributed by atoms with Gasteiger partial charge < -0.3 is 11.1 Å². The Kier molecular flexibility index (Phi) is 9.33. The number of carbonyl (C=O) groups excluding carboxylic acids is 1. The number of aromatic nitrogens is 2. The lowest BCUT2D eigenvalue weighted by Crippen LogP contribution is -2.29. The highest BCUT2D eigenvalue weighted by Gasteiger charge is 2.32. The fraction of sp³-hybridized carbons (Fsp3) is 0.391. The fourth-order valence-electron chi connectivity index (χ4n) is 3.13. The molecule has 33 heavy (non-hydrogen) atoms. The molecule has 0 aliphatic heterocycles. The molecule has 1 atom stereocenters. The molecule has 178 valence electrons. The van der Waals surface area contributed by atoms with Crippen LogP contribution in [-0.2, 0) is 12.6 Å². The molecule has 2 aromatic heterocycles. The number of carbonyl (C=O) groups is 1. The van der Waals surface area contributed by atoms with E-state index in [9.17, 15) is 18.0 Å². The molecule has 1 amide bonds.